The summed E-state index contributed by atoms with van der Waals surface area (Å²) >= 11 is 0. The highest BCUT2D eigenvalue weighted by molar-refractivity contribution is 5.73. The van der Waals surface area contributed by atoms with Gasteiger partial charge in [0.05, 0.1) is 18.4 Å². The van der Waals surface area contributed by atoms with Gasteiger partial charge in [0.1, 0.15) is 5.60 Å². The molecule has 8 heteroatoms. The van der Waals surface area contributed by atoms with Crippen LogP contribution in [0.5, 0.6) is 0 Å². The topological polar surface area (TPSA) is 94.8 Å². The van der Waals surface area contributed by atoms with Crippen LogP contribution in [0, 0.1) is 11.3 Å². The van der Waals surface area contributed by atoms with E-state index in [1.165, 1.54) is 12.7 Å². The summed E-state index contributed by atoms with van der Waals surface area (Å²) in [6.07, 6.45) is 6.31. The average molecular weight is 508 g/mol. The highest BCUT2D eigenvalue weighted by Gasteiger charge is 2.58. The second-order valence-corrected chi connectivity index (χ2v) is 12.9. The van der Waals surface area contributed by atoms with Gasteiger partial charge in [-0.15, -0.1) is 0 Å². The van der Waals surface area contributed by atoms with Crippen molar-refractivity contribution in [3.8, 4) is 0 Å². The third kappa shape index (κ3) is 4.64. The predicted molar refractivity (Wildman–Crippen MR) is 135 cm³/mol. The number of rotatable bonds is 7. The van der Waals surface area contributed by atoms with Gasteiger partial charge in [0.15, 0.2) is 5.82 Å². The zero-order valence-corrected chi connectivity index (χ0v) is 22.2. The van der Waals surface area contributed by atoms with Gasteiger partial charge in [-0.25, -0.2) is 4.79 Å². The van der Waals surface area contributed by atoms with Crippen molar-refractivity contribution in [3.05, 3.63) is 47.6 Å². The molecule has 6 rings (SSSR count). The second kappa shape index (κ2) is 8.57. The molecule has 1 heterocycles. The highest BCUT2D eigenvalue weighted by Crippen LogP contribution is 2.64. The maximum Gasteiger partial charge on any atom is 0.410 e. The van der Waals surface area contributed by atoms with E-state index in [1.807, 2.05) is 31.7 Å². The van der Waals surface area contributed by atoms with E-state index in [0.717, 1.165) is 50.8 Å². The number of amides is 1. The Morgan fingerprint density at radius 1 is 1.11 bits per heavy atom. The minimum atomic E-state index is -0.558. The largest absolute Gasteiger partial charge is 0.469 e. The number of esters is 1. The Labute approximate surface area is 218 Å². The summed E-state index contributed by atoms with van der Waals surface area (Å²) in [6, 6.07) is 10.5. The molecular weight excluding hydrogens is 470 g/mol. The van der Waals surface area contributed by atoms with Crippen molar-refractivity contribution >= 4 is 12.1 Å². The molecule has 198 valence electrons. The smallest absolute Gasteiger partial charge is 0.410 e. The maximum atomic E-state index is 13.3. The van der Waals surface area contributed by atoms with Gasteiger partial charge < -0.3 is 18.9 Å². The first-order valence-corrected chi connectivity index (χ1v) is 13.6. The highest BCUT2D eigenvalue weighted by atomic mass is 16.6. The van der Waals surface area contributed by atoms with Crippen molar-refractivity contribution in [1.29, 1.82) is 0 Å². The minimum Gasteiger partial charge on any atom is -0.469 e. The first kappa shape index (κ1) is 24.4. The molecule has 1 aromatic carbocycles. The lowest BCUT2D eigenvalue weighted by Crippen LogP contribution is -2.49. The number of hydrogen-bond acceptors (Lipinski definition) is 7. The third-order valence-corrected chi connectivity index (χ3v) is 8.86. The van der Waals surface area contributed by atoms with E-state index in [-0.39, 0.29) is 40.8 Å². The summed E-state index contributed by atoms with van der Waals surface area (Å²) in [5.41, 5.74) is 0.673. The number of hydrogen-bond donors (Lipinski definition) is 0. The Hall–Kier alpha value is -2.90. The van der Waals surface area contributed by atoms with Crippen molar-refractivity contribution in [2.45, 2.75) is 94.6 Å². The van der Waals surface area contributed by atoms with Gasteiger partial charge >= 0.3 is 12.1 Å². The minimum absolute atomic E-state index is 0.0416. The molecule has 4 saturated carbocycles. The van der Waals surface area contributed by atoms with Gasteiger partial charge in [-0.05, 0) is 76.7 Å². The number of methoxy groups -OCH3 is 1. The predicted octanol–water partition coefficient (Wildman–Crippen LogP) is 5.34. The molecule has 1 amide bonds. The SMILES string of the molecule is COC(=O)C1CC2(C1)CC(c1nc(C3(CN(C(=O)OC(C)(C)C)[C@H]4CC4c4ccccc4)CC3)no1)C2. The molecule has 1 unspecified atom stereocenters. The summed E-state index contributed by atoms with van der Waals surface area (Å²) in [5.74, 6) is 1.95. The lowest BCUT2D eigenvalue weighted by molar-refractivity contribution is -0.159. The van der Waals surface area contributed by atoms with E-state index in [1.54, 1.807) is 0 Å². The van der Waals surface area contributed by atoms with Crippen LogP contribution < -0.4 is 0 Å². The molecule has 0 N–H and O–H groups in total. The van der Waals surface area contributed by atoms with E-state index in [9.17, 15) is 9.59 Å². The number of ether oxygens (including phenoxy) is 2. The molecule has 37 heavy (non-hydrogen) atoms. The van der Waals surface area contributed by atoms with Crippen LogP contribution in [0.2, 0.25) is 0 Å². The normalized spacial score (nSPS) is 31.1. The number of carbonyl (C=O) groups is 2. The molecule has 4 aliphatic rings. The molecule has 2 aromatic rings. The Bertz CT molecular complexity index is 1170. The molecule has 4 fully saturated rings. The van der Waals surface area contributed by atoms with Crippen LogP contribution in [0.1, 0.15) is 94.8 Å². The summed E-state index contributed by atoms with van der Waals surface area (Å²) in [7, 11) is 1.46. The zero-order valence-electron chi connectivity index (χ0n) is 22.2. The number of aromatic nitrogens is 2. The van der Waals surface area contributed by atoms with Gasteiger partial charge in [0.25, 0.3) is 0 Å². The Morgan fingerprint density at radius 2 is 1.81 bits per heavy atom. The Balaban J connectivity index is 1.13. The quantitative estimate of drug-likeness (QED) is 0.467. The molecule has 0 saturated heterocycles. The zero-order chi connectivity index (χ0) is 26.0. The molecule has 8 nitrogen and oxygen atoms in total. The van der Waals surface area contributed by atoms with E-state index in [2.05, 4.69) is 29.4 Å². The van der Waals surface area contributed by atoms with E-state index >= 15 is 0 Å². The summed E-state index contributed by atoms with van der Waals surface area (Å²) in [5, 5.41) is 4.41. The maximum absolute atomic E-state index is 13.3. The molecule has 0 aliphatic heterocycles. The molecule has 0 bridgehead atoms. The van der Waals surface area contributed by atoms with Crippen LogP contribution >= 0.6 is 0 Å². The van der Waals surface area contributed by atoms with Crippen LogP contribution in [0.3, 0.4) is 0 Å². The fraction of sp³-hybridized carbons (Fsp3) is 0.655. The van der Waals surface area contributed by atoms with Crippen LogP contribution in [-0.4, -0.2) is 52.4 Å². The molecule has 4 aliphatic carbocycles. The van der Waals surface area contributed by atoms with Gasteiger partial charge in [0, 0.05) is 24.4 Å². The molecule has 1 aromatic heterocycles. The Kier molecular flexibility index (Phi) is 5.66. The monoisotopic (exact) mass is 507 g/mol. The average Bonchev–Trinajstić information content (AvgIpc) is 3.72. The van der Waals surface area contributed by atoms with Crippen molar-refractivity contribution in [2.24, 2.45) is 11.3 Å². The molecular formula is C29H37N3O5. The summed E-state index contributed by atoms with van der Waals surface area (Å²) < 4.78 is 16.5. The summed E-state index contributed by atoms with van der Waals surface area (Å²) in [4.78, 5) is 31.9. The van der Waals surface area contributed by atoms with E-state index in [0.29, 0.717) is 18.4 Å². The van der Waals surface area contributed by atoms with Gasteiger partial charge in [0.2, 0.25) is 5.89 Å². The van der Waals surface area contributed by atoms with Crippen LogP contribution in [-0.2, 0) is 19.7 Å². The number of nitrogens with zero attached hydrogens (tertiary/aromatic N) is 3. The second-order valence-electron chi connectivity index (χ2n) is 12.9. The van der Waals surface area contributed by atoms with Gasteiger partial charge in [-0.3, -0.25) is 4.79 Å². The first-order chi connectivity index (χ1) is 17.6. The number of benzene rings is 1. The fourth-order valence-corrected chi connectivity index (χ4v) is 6.58. The lowest BCUT2D eigenvalue weighted by Gasteiger charge is -2.55. The molecule has 1 spiro atoms. The standard InChI is InChI=1S/C29H37N3O5/c1-27(2,3)36-26(34)32(22-12-21(22)18-8-6-5-7-9-18)17-29(10-11-29)25-30-23(37-31-25)19-13-28(14-19)15-20(16-28)24(33)35-4/h5-9,19-22H,10-17H2,1-4H3/t19?,20?,21?,22-,28?/m0/s1. The van der Waals surface area contributed by atoms with Gasteiger partial charge in [-0.1, -0.05) is 35.5 Å². The Morgan fingerprint density at radius 3 is 2.43 bits per heavy atom. The first-order valence-electron chi connectivity index (χ1n) is 13.6. The number of carbonyl (C=O) groups excluding carboxylic acids is 2. The van der Waals surface area contributed by atoms with Crippen molar-refractivity contribution in [1.82, 2.24) is 15.0 Å². The molecule has 0 radical (unpaired) electrons. The van der Waals surface area contributed by atoms with Crippen LogP contribution in [0.25, 0.3) is 0 Å². The lowest BCUT2D eigenvalue weighted by atomic mass is 9.48. The van der Waals surface area contributed by atoms with Crippen molar-refractivity contribution < 1.29 is 23.6 Å². The van der Waals surface area contributed by atoms with Gasteiger partial charge in [-0.2, -0.15) is 4.98 Å². The third-order valence-electron chi connectivity index (χ3n) is 8.86. The summed E-state index contributed by atoms with van der Waals surface area (Å²) in [6.45, 7) is 6.27. The molecule has 2 atom stereocenters. The van der Waals surface area contributed by atoms with Crippen LogP contribution in [0.15, 0.2) is 34.9 Å². The van der Waals surface area contributed by atoms with E-state index < -0.39 is 5.60 Å². The van der Waals surface area contributed by atoms with Crippen molar-refractivity contribution in [2.75, 3.05) is 13.7 Å². The van der Waals surface area contributed by atoms with Crippen molar-refractivity contribution in [3.63, 3.8) is 0 Å². The van der Waals surface area contributed by atoms with E-state index in [4.69, 9.17) is 19.0 Å². The van der Waals surface area contributed by atoms with Crippen LogP contribution in [0.4, 0.5) is 4.79 Å². The fourth-order valence-electron chi connectivity index (χ4n) is 6.58.